The van der Waals surface area contributed by atoms with Gasteiger partial charge in [-0.15, -0.1) is 16.4 Å². The average Bonchev–Trinajstić information content (AvgIpc) is 1.78. The standard InChI is InChI=1S/C77H121N15O18S/c1-14-52(8)68(61(103-12)45-64(95)92-32-19-23-60(92)69(104-13)53(9)70(96)84-59(74-80-31-43-111-74)44-54-20-16-15-17-21-54)89(10)75(100)66(50(4)5)86-73(99)67(51(6)7)90(11)77(102)110-47-55-24-26-56(27-25-55)82-71(97)58(22-18-30-81-76(79)101)83-72(98)65(49(2)3)85-63(94)29-35-109-48-57-46-91(88-87-57)33-36-106-38-40-108-42-41-107-39-37-105-34-28-62(78)93/h15-17,20-21,24-27,31,43,46,49-53,58-61,65-69H,14,18-19,22-23,28-30,32-42,44-45,47-48H2,1-13H3,(H2,78,93)(H,82,97)(H,83,98)(H,84,96)(H,85,94)(H,86,99)(H3,79,81,101). The third kappa shape index (κ3) is 31.7. The SMILES string of the molecule is CCC(C)C(C(CC(=O)N1CCCC1C(OC)C(C)C(=O)NC(Cc1ccccc1)c1nccs1)OC)N(C)C(=O)C(NC(=O)C(C(C)C)N(C)C(=O)OCc1ccc(NC(=O)C(CCCNC(N)=O)NC(=O)C(NC(=O)CCOCc2cn(CCOCCOCCOCCOCCC(N)=O)nn2)C(C)C)cc1)C(C)C. The average molecular weight is 1580 g/mol. The molecule has 0 radical (unpaired) electrons. The monoisotopic (exact) mass is 1580 g/mol. The second-order valence-electron chi connectivity index (χ2n) is 28.7. The number of benzene rings is 2. The third-order valence-electron chi connectivity index (χ3n) is 19.3. The van der Waals surface area contributed by atoms with Gasteiger partial charge in [0.15, 0.2) is 0 Å². The first-order valence-corrected chi connectivity index (χ1v) is 39.1. The van der Waals surface area contributed by atoms with Crippen molar-refractivity contribution in [3.8, 4) is 0 Å². The van der Waals surface area contributed by atoms with Crippen LogP contribution in [0.3, 0.4) is 0 Å². The van der Waals surface area contributed by atoms with Gasteiger partial charge >= 0.3 is 12.1 Å². The lowest BCUT2D eigenvalue weighted by molar-refractivity contribution is -0.148. The molecule has 3 heterocycles. The van der Waals surface area contributed by atoms with Crippen molar-refractivity contribution in [3.63, 3.8) is 0 Å². The van der Waals surface area contributed by atoms with E-state index in [1.165, 1.54) is 30.4 Å². The van der Waals surface area contributed by atoms with Crippen LogP contribution >= 0.6 is 11.3 Å². The smallest absolute Gasteiger partial charge is 0.410 e. The molecule has 4 aromatic rings. The van der Waals surface area contributed by atoms with E-state index in [0.717, 1.165) is 10.6 Å². The summed E-state index contributed by atoms with van der Waals surface area (Å²) in [6, 6.07) is 9.78. The lowest BCUT2D eigenvalue weighted by atomic mass is 9.89. The molecule has 618 valence electrons. The van der Waals surface area contributed by atoms with Gasteiger partial charge in [0.05, 0.1) is 121 Å². The number of carbonyl (C=O) groups is 10. The van der Waals surface area contributed by atoms with Crippen LogP contribution in [-0.4, -0.2) is 243 Å². The van der Waals surface area contributed by atoms with Crippen molar-refractivity contribution in [1.29, 1.82) is 0 Å². The topological polar surface area (TPSA) is 422 Å². The zero-order valence-electron chi connectivity index (χ0n) is 66.8. The zero-order valence-corrected chi connectivity index (χ0v) is 67.6. The number of methoxy groups -OCH3 is 2. The number of rotatable bonds is 53. The zero-order chi connectivity index (χ0) is 81.5. The van der Waals surface area contributed by atoms with Crippen LogP contribution in [0.5, 0.6) is 0 Å². The Balaban J connectivity index is 1.11. The molecular formula is C77H121N15O18S. The Kier molecular flexibility index (Phi) is 41.5. The van der Waals surface area contributed by atoms with E-state index < -0.39 is 120 Å². The summed E-state index contributed by atoms with van der Waals surface area (Å²) in [5.74, 6) is -5.64. The van der Waals surface area contributed by atoms with Crippen LogP contribution in [0.25, 0.3) is 0 Å². The van der Waals surface area contributed by atoms with Gasteiger partial charge in [0.25, 0.3) is 0 Å². The van der Waals surface area contributed by atoms with E-state index in [9.17, 15) is 47.9 Å². The van der Waals surface area contributed by atoms with Crippen LogP contribution < -0.4 is 43.4 Å². The highest BCUT2D eigenvalue weighted by Gasteiger charge is 2.44. The Bertz CT molecular complexity index is 3480. The second-order valence-corrected chi connectivity index (χ2v) is 29.6. The van der Waals surface area contributed by atoms with Gasteiger partial charge in [0, 0.05) is 71.5 Å². The molecule has 11 unspecified atom stereocenters. The summed E-state index contributed by atoms with van der Waals surface area (Å²) < 4.78 is 47.0. The first-order chi connectivity index (χ1) is 53.1. The predicted molar refractivity (Wildman–Crippen MR) is 415 cm³/mol. The number of likely N-dealkylation sites (N-methyl/N-ethyl adjacent to an activating group) is 2. The van der Waals surface area contributed by atoms with Crippen molar-refractivity contribution in [2.24, 2.45) is 41.1 Å². The fourth-order valence-corrected chi connectivity index (χ4v) is 13.7. The molecule has 111 heavy (non-hydrogen) atoms. The molecule has 11 amide bonds. The van der Waals surface area contributed by atoms with E-state index in [4.69, 9.17) is 49.4 Å². The molecule has 33 nitrogen and oxygen atoms in total. The van der Waals surface area contributed by atoms with E-state index in [-0.39, 0.29) is 88.9 Å². The number of hydrogen-bond donors (Lipinski definition) is 8. The molecule has 2 aromatic heterocycles. The number of likely N-dealkylation sites (tertiary alicyclic amines) is 1. The van der Waals surface area contributed by atoms with Gasteiger partial charge in [-0.2, -0.15) is 0 Å². The Hall–Kier alpha value is -8.77. The maximum absolute atomic E-state index is 14.9. The highest BCUT2D eigenvalue weighted by Crippen LogP contribution is 2.31. The Labute approximate surface area is 656 Å². The summed E-state index contributed by atoms with van der Waals surface area (Å²) in [7, 11) is 6.16. The maximum atomic E-state index is 14.9. The van der Waals surface area contributed by atoms with Crippen molar-refractivity contribution in [2.45, 2.75) is 194 Å². The minimum absolute atomic E-state index is 0.00335. The number of anilines is 1. The Morgan fingerprint density at radius 3 is 1.92 bits per heavy atom. The quantitative estimate of drug-likeness (QED) is 0.0268. The Morgan fingerprint density at radius 2 is 1.32 bits per heavy atom. The molecule has 5 rings (SSSR count). The van der Waals surface area contributed by atoms with Crippen LogP contribution in [0.4, 0.5) is 15.3 Å². The largest absolute Gasteiger partial charge is 0.445 e. The lowest BCUT2D eigenvalue weighted by Gasteiger charge is -2.41. The molecule has 10 N–H and O–H groups in total. The van der Waals surface area contributed by atoms with Crippen LogP contribution in [0.1, 0.15) is 142 Å². The van der Waals surface area contributed by atoms with E-state index in [2.05, 4.69) is 47.2 Å². The van der Waals surface area contributed by atoms with Gasteiger partial charge in [0.2, 0.25) is 47.3 Å². The van der Waals surface area contributed by atoms with Gasteiger partial charge in [-0.1, -0.05) is 116 Å². The number of urea groups is 1. The highest BCUT2D eigenvalue weighted by atomic mass is 32.1. The van der Waals surface area contributed by atoms with Gasteiger partial charge in [0.1, 0.15) is 41.5 Å². The fraction of sp³-hybridized carbons (Fsp3) is 0.649. The molecule has 0 spiro atoms. The molecule has 0 bridgehead atoms. The van der Waals surface area contributed by atoms with Crippen molar-refractivity contribution in [2.75, 3.05) is 106 Å². The van der Waals surface area contributed by atoms with Crippen molar-refractivity contribution in [1.82, 2.24) is 61.3 Å². The summed E-state index contributed by atoms with van der Waals surface area (Å²) in [6.07, 6.45) is 3.97. The fourth-order valence-electron chi connectivity index (χ4n) is 13.0. The molecule has 0 aliphatic carbocycles. The summed E-state index contributed by atoms with van der Waals surface area (Å²) in [4.78, 5) is 144. The third-order valence-corrected chi connectivity index (χ3v) is 20.2. The van der Waals surface area contributed by atoms with Gasteiger partial charge in [-0.05, 0) is 79.0 Å². The number of amides is 11. The van der Waals surface area contributed by atoms with Gasteiger partial charge < -0.3 is 91.1 Å². The molecule has 2 aromatic carbocycles. The second kappa shape index (κ2) is 49.6. The van der Waals surface area contributed by atoms with Crippen molar-refractivity contribution in [3.05, 3.63) is 94.2 Å². The van der Waals surface area contributed by atoms with Crippen LogP contribution in [0.15, 0.2) is 72.4 Å². The lowest BCUT2D eigenvalue weighted by Crippen LogP contribution is -2.60. The van der Waals surface area contributed by atoms with Crippen molar-refractivity contribution >= 4 is 76.4 Å². The molecule has 0 saturated carbocycles. The minimum Gasteiger partial charge on any atom is -0.445 e. The van der Waals surface area contributed by atoms with Gasteiger partial charge in [-0.3, -0.25) is 43.3 Å². The van der Waals surface area contributed by atoms with Crippen molar-refractivity contribution < 1.29 is 85.8 Å². The number of thiazole rings is 1. The molecule has 34 heteroatoms. The van der Waals surface area contributed by atoms with Crippen LogP contribution in [0.2, 0.25) is 0 Å². The van der Waals surface area contributed by atoms with Crippen LogP contribution in [-0.2, 0) is 102 Å². The molecule has 1 fully saturated rings. The summed E-state index contributed by atoms with van der Waals surface area (Å²) in [5, 5.41) is 27.9. The predicted octanol–water partition coefficient (Wildman–Crippen LogP) is 5.05. The number of nitrogens with one attached hydrogen (secondary N) is 6. The maximum Gasteiger partial charge on any atom is 0.410 e. The summed E-state index contributed by atoms with van der Waals surface area (Å²) in [5.41, 5.74) is 12.8. The number of carbonyl (C=O) groups excluding carboxylic acids is 10. The normalized spacial score (nSPS) is 15.6. The molecule has 1 saturated heterocycles. The number of ether oxygens (including phenoxy) is 8. The number of nitrogens with two attached hydrogens (primary N) is 2. The number of aromatic nitrogens is 4. The van der Waals surface area contributed by atoms with E-state index in [0.29, 0.717) is 102 Å². The molecular weight excluding hydrogens is 1460 g/mol. The first kappa shape index (κ1) is 92.8. The van der Waals surface area contributed by atoms with E-state index >= 15 is 0 Å². The number of hydrogen-bond acceptors (Lipinski definition) is 22. The van der Waals surface area contributed by atoms with Crippen LogP contribution in [0, 0.1) is 29.6 Å². The number of primary amides is 2. The molecule has 1 aliphatic rings. The summed E-state index contributed by atoms with van der Waals surface area (Å²) in [6.45, 7) is 20.1. The van der Waals surface area contributed by atoms with Gasteiger partial charge in [-0.25, -0.2) is 19.3 Å². The highest BCUT2D eigenvalue weighted by molar-refractivity contribution is 7.09. The molecule has 1 aliphatic heterocycles. The minimum atomic E-state index is -1.13. The number of nitrogens with zero attached hydrogens (tertiary/aromatic N) is 7. The Morgan fingerprint density at radius 1 is 0.676 bits per heavy atom. The molecule has 11 atom stereocenters. The van der Waals surface area contributed by atoms with E-state index in [1.54, 1.807) is 93.0 Å². The van der Waals surface area contributed by atoms with E-state index in [1.807, 2.05) is 70.3 Å². The summed E-state index contributed by atoms with van der Waals surface area (Å²) >= 11 is 1.47. The first-order valence-electron chi connectivity index (χ1n) is 38.2.